The highest BCUT2D eigenvalue weighted by molar-refractivity contribution is 7.18. The molecule has 0 amide bonds. The molecule has 1 aromatic heterocycles. The van der Waals surface area contributed by atoms with Crippen LogP contribution in [0.3, 0.4) is 0 Å². The molecule has 0 spiro atoms. The van der Waals surface area contributed by atoms with Crippen molar-refractivity contribution in [3.8, 4) is 0 Å². The van der Waals surface area contributed by atoms with Crippen molar-refractivity contribution in [3.05, 3.63) is 64.1 Å². The van der Waals surface area contributed by atoms with Gasteiger partial charge in [0.2, 0.25) is 0 Å². The Labute approximate surface area is 127 Å². The Balaban J connectivity index is 1.73. The van der Waals surface area contributed by atoms with E-state index in [0.717, 1.165) is 28.1 Å². The van der Waals surface area contributed by atoms with Gasteiger partial charge in [-0.15, -0.1) is 11.3 Å². The molecule has 2 nitrogen and oxygen atoms in total. The number of hydrogen-bond acceptors (Lipinski definition) is 3. The number of halogens is 1. The van der Waals surface area contributed by atoms with Crippen LogP contribution in [-0.2, 0) is 6.42 Å². The Hall–Kier alpha value is -1.42. The first-order valence-electron chi connectivity index (χ1n) is 6.58. The lowest BCUT2D eigenvalue weighted by molar-refractivity contribution is 0.648. The molecular formula is C16H15ClN2S. The summed E-state index contributed by atoms with van der Waals surface area (Å²) in [4.78, 5) is 4.59. The van der Waals surface area contributed by atoms with Crippen molar-refractivity contribution in [2.24, 2.45) is 5.73 Å². The summed E-state index contributed by atoms with van der Waals surface area (Å²) in [7, 11) is 0. The maximum Gasteiger partial charge on any atom is 0.111 e. The molecule has 20 heavy (non-hydrogen) atoms. The maximum absolute atomic E-state index is 6.26. The van der Waals surface area contributed by atoms with Gasteiger partial charge >= 0.3 is 0 Å². The van der Waals surface area contributed by atoms with Gasteiger partial charge in [-0.05, 0) is 36.6 Å². The van der Waals surface area contributed by atoms with Crippen molar-refractivity contribution < 1.29 is 0 Å². The van der Waals surface area contributed by atoms with Gasteiger partial charge in [0.1, 0.15) is 5.01 Å². The maximum atomic E-state index is 6.26. The van der Waals surface area contributed by atoms with Crippen LogP contribution in [0, 0.1) is 0 Å². The minimum Gasteiger partial charge on any atom is -0.322 e. The molecule has 0 saturated carbocycles. The fraction of sp³-hybridized carbons (Fsp3) is 0.188. The minimum atomic E-state index is -0.0219. The second-order valence-corrected chi connectivity index (χ2v) is 6.29. The number of benzene rings is 2. The minimum absolute atomic E-state index is 0.0219. The molecule has 0 aliphatic carbocycles. The number of rotatable bonds is 4. The average Bonchev–Trinajstić information content (AvgIpc) is 2.89. The molecule has 0 radical (unpaired) electrons. The molecule has 3 aromatic rings. The zero-order valence-electron chi connectivity index (χ0n) is 10.9. The van der Waals surface area contributed by atoms with Gasteiger partial charge in [-0.25, -0.2) is 4.98 Å². The molecule has 0 aliphatic heterocycles. The lowest BCUT2D eigenvalue weighted by Crippen LogP contribution is -2.10. The number of nitrogens with zero attached hydrogens (tertiary/aromatic N) is 1. The molecule has 0 fully saturated rings. The van der Waals surface area contributed by atoms with Crippen LogP contribution in [0.5, 0.6) is 0 Å². The van der Waals surface area contributed by atoms with Crippen LogP contribution in [0.25, 0.3) is 10.2 Å². The monoisotopic (exact) mass is 302 g/mol. The van der Waals surface area contributed by atoms with Crippen molar-refractivity contribution in [2.75, 3.05) is 0 Å². The molecule has 0 bridgehead atoms. The van der Waals surface area contributed by atoms with E-state index in [0.29, 0.717) is 5.02 Å². The molecule has 1 unspecified atom stereocenters. The van der Waals surface area contributed by atoms with E-state index in [2.05, 4.69) is 29.2 Å². The van der Waals surface area contributed by atoms with Crippen molar-refractivity contribution >= 4 is 33.2 Å². The Bertz CT molecular complexity index is 709. The summed E-state index contributed by atoms with van der Waals surface area (Å²) in [5.41, 5.74) is 8.51. The van der Waals surface area contributed by atoms with Crippen molar-refractivity contribution in [2.45, 2.75) is 18.9 Å². The van der Waals surface area contributed by atoms with Gasteiger partial charge in [0.05, 0.1) is 16.3 Å². The van der Waals surface area contributed by atoms with Gasteiger partial charge < -0.3 is 5.73 Å². The van der Waals surface area contributed by atoms with Crippen LogP contribution in [0.4, 0.5) is 0 Å². The van der Waals surface area contributed by atoms with Gasteiger partial charge in [0.15, 0.2) is 0 Å². The summed E-state index contributed by atoms with van der Waals surface area (Å²) >= 11 is 7.64. The van der Waals surface area contributed by atoms with Crippen LogP contribution in [-0.4, -0.2) is 4.98 Å². The largest absolute Gasteiger partial charge is 0.322 e. The zero-order chi connectivity index (χ0) is 13.9. The Morgan fingerprint density at radius 2 is 1.95 bits per heavy atom. The molecule has 0 aliphatic rings. The van der Waals surface area contributed by atoms with Crippen molar-refractivity contribution in [1.29, 1.82) is 0 Å². The van der Waals surface area contributed by atoms with E-state index in [9.17, 15) is 0 Å². The summed E-state index contributed by atoms with van der Waals surface area (Å²) in [5, 5.41) is 1.70. The van der Waals surface area contributed by atoms with E-state index in [4.69, 9.17) is 17.3 Å². The Kier molecular flexibility index (Phi) is 4.01. The highest BCUT2D eigenvalue weighted by Crippen LogP contribution is 2.29. The first kappa shape index (κ1) is 13.6. The number of aryl methyl sites for hydroxylation is 1. The third-order valence-electron chi connectivity index (χ3n) is 3.27. The normalized spacial score (nSPS) is 12.7. The Morgan fingerprint density at radius 3 is 2.75 bits per heavy atom. The number of nitrogens with two attached hydrogens (primary N) is 1. The number of fused-ring (bicyclic) bond motifs is 1. The van der Waals surface area contributed by atoms with Crippen LogP contribution in [0.2, 0.25) is 5.02 Å². The molecule has 0 saturated heterocycles. The van der Waals surface area contributed by atoms with E-state index in [-0.39, 0.29) is 6.04 Å². The highest BCUT2D eigenvalue weighted by atomic mass is 35.5. The average molecular weight is 303 g/mol. The first-order chi connectivity index (χ1) is 9.72. The Morgan fingerprint density at radius 1 is 1.15 bits per heavy atom. The van der Waals surface area contributed by atoms with Crippen LogP contribution in [0.15, 0.2) is 48.5 Å². The second kappa shape index (κ2) is 5.92. The number of thiazole rings is 1. The van der Waals surface area contributed by atoms with E-state index in [1.54, 1.807) is 11.3 Å². The fourth-order valence-electron chi connectivity index (χ4n) is 2.17. The molecule has 1 heterocycles. The summed E-state index contributed by atoms with van der Waals surface area (Å²) in [6, 6.07) is 16.2. The van der Waals surface area contributed by atoms with Crippen molar-refractivity contribution in [3.63, 3.8) is 0 Å². The lowest BCUT2D eigenvalue weighted by atomic mass is 10.1. The predicted molar refractivity (Wildman–Crippen MR) is 86.3 cm³/mol. The standard InChI is InChI=1S/C16H15ClN2S/c17-12-7-9-15-14(10-12)19-16(20-15)13(18)8-6-11-4-2-1-3-5-11/h1-5,7,9-10,13H,6,8,18H2. The second-order valence-electron chi connectivity index (χ2n) is 4.79. The first-order valence-corrected chi connectivity index (χ1v) is 7.77. The third kappa shape index (κ3) is 3.01. The third-order valence-corrected chi connectivity index (χ3v) is 4.67. The van der Waals surface area contributed by atoms with Crippen LogP contribution in [0.1, 0.15) is 23.0 Å². The molecule has 3 rings (SSSR count). The summed E-state index contributed by atoms with van der Waals surface area (Å²) < 4.78 is 1.14. The van der Waals surface area contributed by atoms with Gasteiger partial charge in [0, 0.05) is 5.02 Å². The quantitative estimate of drug-likeness (QED) is 0.766. The summed E-state index contributed by atoms with van der Waals surface area (Å²) in [6.45, 7) is 0. The van der Waals surface area contributed by atoms with Gasteiger partial charge in [0.25, 0.3) is 0 Å². The molecule has 102 valence electrons. The highest BCUT2D eigenvalue weighted by Gasteiger charge is 2.12. The van der Waals surface area contributed by atoms with E-state index in [1.807, 2.05) is 24.3 Å². The van der Waals surface area contributed by atoms with Crippen molar-refractivity contribution in [1.82, 2.24) is 4.98 Å². The fourth-order valence-corrected chi connectivity index (χ4v) is 3.32. The predicted octanol–water partition coefficient (Wildman–Crippen LogP) is 4.58. The number of aromatic nitrogens is 1. The zero-order valence-corrected chi connectivity index (χ0v) is 12.5. The number of hydrogen-bond donors (Lipinski definition) is 1. The van der Waals surface area contributed by atoms with Gasteiger partial charge in [-0.2, -0.15) is 0 Å². The molecule has 4 heteroatoms. The topological polar surface area (TPSA) is 38.9 Å². The summed E-state index contributed by atoms with van der Waals surface area (Å²) in [5.74, 6) is 0. The van der Waals surface area contributed by atoms with E-state index >= 15 is 0 Å². The molecule has 2 N–H and O–H groups in total. The van der Waals surface area contributed by atoms with Gasteiger partial charge in [-0.3, -0.25) is 0 Å². The van der Waals surface area contributed by atoms with E-state index in [1.165, 1.54) is 5.56 Å². The molecular weight excluding hydrogens is 288 g/mol. The van der Waals surface area contributed by atoms with Crippen LogP contribution >= 0.6 is 22.9 Å². The molecule has 1 atom stereocenters. The van der Waals surface area contributed by atoms with E-state index < -0.39 is 0 Å². The summed E-state index contributed by atoms with van der Waals surface area (Å²) in [6.07, 6.45) is 1.87. The smallest absolute Gasteiger partial charge is 0.111 e. The van der Waals surface area contributed by atoms with Gasteiger partial charge in [-0.1, -0.05) is 41.9 Å². The van der Waals surface area contributed by atoms with Crippen LogP contribution < -0.4 is 5.73 Å². The molecule has 2 aromatic carbocycles. The SMILES string of the molecule is NC(CCc1ccccc1)c1nc2cc(Cl)ccc2s1. The lowest BCUT2D eigenvalue weighted by Gasteiger charge is -2.07.